The molecule has 26 heavy (non-hydrogen) atoms. The minimum absolute atomic E-state index is 0.122. The van der Waals surface area contributed by atoms with Crippen LogP contribution in [0.25, 0.3) is 0 Å². The molecule has 0 saturated carbocycles. The number of imide groups is 1. The van der Waals surface area contributed by atoms with Gasteiger partial charge in [0.2, 0.25) is 0 Å². The van der Waals surface area contributed by atoms with Gasteiger partial charge in [0.05, 0.1) is 11.1 Å². The van der Waals surface area contributed by atoms with E-state index in [2.05, 4.69) is 9.88 Å². The van der Waals surface area contributed by atoms with Crippen LogP contribution in [0.15, 0.2) is 42.6 Å². The molecular weight excluding hydrogens is 332 g/mol. The van der Waals surface area contributed by atoms with Crippen LogP contribution in [0.4, 0.5) is 5.82 Å². The zero-order valence-corrected chi connectivity index (χ0v) is 14.4. The topological polar surface area (TPSA) is 73.8 Å². The molecule has 0 radical (unpaired) electrons. The Morgan fingerprint density at radius 2 is 1.69 bits per heavy atom. The van der Waals surface area contributed by atoms with Crippen LogP contribution >= 0.6 is 0 Å². The Labute approximate surface area is 150 Å². The summed E-state index contributed by atoms with van der Waals surface area (Å²) in [5.41, 5.74) is 1.09. The summed E-state index contributed by atoms with van der Waals surface area (Å²) in [6, 6.07) is 10.5. The maximum absolute atomic E-state index is 12.8. The standard InChI is InChI=1S/C19H18N4O3/c1-21-18(25)14-6-5-13(12-15(14)19(21)26)17(24)23-10-8-22(9-11-23)16-4-2-3-7-20-16/h2-7,12H,8-11H2,1H3. The fourth-order valence-corrected chi connectivity index (χ4v) is 3.36. The van der Waals surface area contributed by atoms with E-state index in [-0.39, 0.29) is 17.7 Å². The summed E-state index contributed by atoms with van der Waals surface area (Å²) in [6.07, 6.45) is 1.76. The molecular formula is C19H18N4O3. The van der Waals surface area contributed by atoms with E-state index in [9.17, 15) is 14.4 Å². The second-order valence-corrected chi connectivity index (χ2v) is 6.40. The number of carbonyl (C=O) groups excluding carboxylic acids is 3. The number of benzene rings is 1. The van der Waals surface area contributed by atoms with Gasteiger partial charge in [0.25, 0.3) is 17.7 Å². The van der Waals surface area contributed by atoms with Gasteiger partial charge in [-0.25, -0.2) is 4.98 Å². The zero-order valence-electron chi connectivity index (χ0n) is 14.4. The van der Waals surface area contributed by atoms with E-state index >= 15 is 0 Å². The van der Waals surface area contributed by atoms with Crippen molar-refractivity contribution in [1.29, 1.82) is 0 Å². The van der Waals surface area contributed by atoms with Crippen LogP contribution in [0, 0.1) is 0 Å². The van der Waals surface area contributed by atoms with E-state index in [1.807, 2.05) is 18.2 Å². The molecule has 0 N–H and O–H groups in total. The van der Waals surface area contributed by atoms with Gasteiger partial charge in [-0.05, 0) is 30.3 Å². The minimum Gasteiger partial charge on any atom is -0.353 e. The second-order valence-electron chi connectivity index (χ2n) is 6.40. The van der Waals surface area contributed by atoms with Crippen LogP contribution in [-0.2, 0) is 0 Å². The summed E-state index contributed by atoms with van der Waals surface area (Å²) in [5.74, 6) is 0.0974. The van der Waals surface area contributed by atoms with Crippen molar-refractivity contribution < 1.29 is 14.4 Å². The number of anilines is 1. The van der Waals surface area contributed by atoms with Crippen LogP contribution < -0.4 is 4.90 Å². The fraction of sp³-hybridized carbons (Fsp3) is 0.263. The quantitative estimate of drug-likeness (QED) is 0.763. The van der Waals surface area contributed by atoms with Crippen LogP contribution in [0.3, 0.4) is 0 Å². The van der Waals surface area contributed by atoms with Gasteiger partial charge >= 0.3 is 0 Å². The van der Waals surface area contributed by atoms with Gasteiger partial charge in [-0.3, -0.25) is 19.3 Å². The zero-order chi connectivity index (χ0) is 18.3. The number of fused-ring (bicyclic) bond motifs is 1. The van der Waals surface area contributed by atoms with Gasteiger partial charge in [-0.1, -0.05) is 6.07 Å². The van der Waals surface area contributed by atoms with E-state index < -0.39 is 0 Å². The summed E-state index contributed by atoms with van der Waals surface area (Å²) in [7, 11) is 1.45. The predicted molar refractivity (Wildman–Crippen MR) is 95.2 cm³/mol. The molecule has 7 heteroatoms. The SMILES string of the molecule is CN1C(=O)c2ccc(C(=O)N3CCN(c4ccccn4)CC3)cc2C1=O. The highest BCUT2D eigenvalue weighted by Crippen LogP contribution is 2.23. The largest absolute Gasteiger partial charge is 0.353 e. The van der Waals surface area contributed by atoms with Crippen LogP contribution in [0.2, 0.25) is 0 Å². The molecule has 0 unspecified atom stereocenters. The van der Waals surface area contributed by atoms with Crippen molar-refractivity contribution in [1.82, 2.24) is 14.8 Å². The Balaban J connectivity index is 1.48. The van der Waals surface area contributed by atoms with Crippen molar-refractivity contribution in [3.63, 3.8) is 0 Å². The monoisotopic (exact) mass is 350 g/mol. The molecule has 1 aromatic heterocycles. The molecule has 132 valence electrons. The number of hydrogen-bond donors (Lipinski definition) is 0. The van der Waals surface area contributed by atoms with Crippen molar-refractivity contribution in [3.8, 4) is 0 Å². The second kappa shape index (κ2) is 6.25. The van der Waals surface area contributed by atoms with Crippen LogP contribution in [0.1, 0.15) is 31.1 Å². The maximum atomic E-state index is 12.8. The molecule has 1 aromatic carbocycles. The number of rotatable bonds is 2. The molecule has 0 atom stereocenters. The third kappa shape index (κ3) is 2.61. The first kappa shape index (κ1) is 16.3. The Morgan fingerprint density at radius 3 is 2.38 bits per heavy atom. The average Bonchev–Trinajstić information content (AvgIpc) is 2.92. The lowest BCUT2D eigenvalue weighted by Gasteiger charge is -2.35. The first-order valence-corrected chi connectivity index (χ1v) is 8.48. The first-order valence-electron chi connectivity index (χ1n) is 8.48. The van der Waals surface area contributed by atoms with Crippen molar-refractivity contribution in [3.05, 3.63) is 59.3 Å². The molecule has 2 aliphatic rings. The molecule has 7 nitrogen and oxygen atoms in total. The first-order chi connectivity index (χ1) is 12.6. The molecule has 2 aromatic rings. The van der Waals surface area contributed by atoms with Gasteiger partial charge < -0.3 is 9.80 Å². The lowest BCUT2D eigenvalue weighted by atomic mass is 10.0. The average molecular weight is 350 g/mol. The molecule has 2 aliphatic heterocycles. The Morgan fingerprint density at radius 1 is 0.962 bits per heavy atom. The number of hydrogen-bond acceptors (Lipinski definition) is 5. The third-order valence-electron chi connectivity index (χ3n) is 4.88. The van der Waals surface area contributed by atoms with Crippen molar-refractivity contribution in [2.24, 2.45) is 0 Å². The molecule has 0 aliphatic carbocycles. The van der Waals surface area contributed by atoms with E-state index in [0.29, 0.717) is 42.9 Å². The maximum Gasteiger partial charge on any atom is 0.261 e. The van der Waals surface area contributed by atoms with Crippen molar-refractivity contribution in [2.45, 2.75) is 0 Å². The number of aromatic nitrogens is 1. The summed E-state index contributed by atoms with van der Waals surface area (Å²) in [5, 5.41) is 0. The van der Waals surface area contributed by atoms with Gasteiger partial charge in [0, 0.05) is 45.0 Å². The summed E-state index contributed by atoms with van der Waals surface area (Å²) >= 11 is 0. The number of carbonyl (C=O) groups is 3. The summed E-state index contributed by atoms with van der Waals surface area (Å²) in [4.78, 5) is 46.2. The number of pyridine rings is 1. The Hall–Kier alpha value is -3.22. The highest BCUT2D eigenvalue weighted by molar-refractivity contribution is 6.21. The minimum atomic E-state index is -0.361. The smallest absolute Gasteiger partial charge is 0.261 e. The van der Waals surface area contributed by atoms with Gasteiger partial charge in [-0.15, -0.1) is 0 Å². The van der Waals surface area contributed by atoms with E-state index in [1.165, 1.54) is 13.1 Å². The summed E-state index contributed by atoms with van der Waals surface area (Å²) in [6.45, 7) is 2.57. The Kier molecular flexibility index (Phi) is 3.91. The van der Waals surface area contributed by atoms with Gasteiger partial charge in [-0.2, -0.15) is 0 Å². The molecule has 1 fully saturated rings. The number of piperazine rings is 1. The van der Waals surface area contributed by atoms with Gasteiger partial charge in [0.15, 0.2) is 0 Å². The summed E-state index contributed by atoms with van der Waals surface area (Å²) < 4.78 is 0. The molecule has 0 spiro atoms. The third-order valence-corrected chi connectivity index (χ3v) is 4.88. The van der Waals surface area contributed by atoms with Crippen LogP contribution in [0.5, 0.6) is 0 Å². The molecule has 1 saturated heterocycles. The molecule has 0 bridgehead atoms. The van der Waals surface area contributed by atoms with E-state index in [4.69, 9.17) is 0 Å². The predicted octanol–water partition coefficient (Wildman–Crippen LogP) is 1.27. The highest BCUT2D eigenvalue weighted by Gasteiger charge is 2.34. The fourth-order valence-electron chi connectivity index (χ4n) is 3.36. The normalized spacial score (nSPS) is 16.9. The van der Waals surface area contributed by atoms with Crippen LogP contribution in [-0.4, -0.2) is 65.7 Å². The number of nitrogens with zero attached hydrogens (tertiary/aromatic N) is 4. The number of amides is 3. The van der Waals surface area contributed by atoms with E-state index in [1.54, 1.807) is 23.2 Å². The van der Waals surface area contributed by atoms with E-state index in [0.717, 1.165) is 10.7 Å². The van der Waals surface area contributed by atoms with Gasteiger partial charge in [0.1, 0.15) is 5.82 Å². The lowest BCUT2D eigenvalue weighted by Crippen LogP contribution is -2.49. The molecule has 3 heterocycles. The van der Waals surface area contributed by atoms with Crippen molar-refractivity contribution >= 4 is 23.5 Å². The molecule has 3 amide bonds. The Bertz CT molecular complexity index is 889. The highest BCUT2D eigenvalue weighted by atomic mass is 16.2. The lowest BCUT2D eigenvalue weighted by molar-refractivity contribution is 0.0692. The van der Waals surface area contributed by atoms with Crippen molar-refractivity contribution in [2.75, 3.05) is 38.1 Å². The molecule has 4 rings (SSSR count).